The number of piperidine rings is 1. The monoisotopic (exact) mass is 278 g/mol. The molecule has 1 aromatic rings. The van der Waals surface area contributed by atoms with E-state index in [0.717, 1.165) is 25.9 Å². The van der Waals surface area contributed by atoms with Gasteiger partial charge in [-0.15, -0.1) is 0 Å². The molecule has 1 aromatic heterocycles. The van der Waals surface area contributed by atoms with E-state index in [-0.39, 0.29) is 5.91 Å². The van der Waals surface area contributed by atoms with Gasteiger partial charge in [-0.25, -0.2) is 0 Å². The van der Waals surface area contributed by atoms with Crippen molar-refractivity contribution in [2.45, 2.75) is 51.1 Å². The maximum Gasteiger partial charge on any atom is 0.220 e. The van der Waals surface area contributed by atoms with Crippen molar-refractivity contribution in [2.24, 2.45) is 0 Å². The minimum absolute atomic E-state index is 0.185. The van der Waals surface area contributed by atoms with Gasteiger partial charge in [0.05, 0.1) is 0 Å². The summed E-state index contributed by atoms with van der Waals surface area (Å²) in [5.74, 6) is 0.185. The molecule has 0 radical (unpaired) electrons. The SMILES string of the molecule is CN1CCCCC1CCC(=O)NCCCn1cccn1. The first kappa shape index (κ1) is 15.0. The van der Waals surface area contributed by atoms with Crippen LogP contribution < -0.4 is 5.32 Å². The van der Waals surface area contributed by atoms with E-state index in [4.69, 9.17) is 0 Å². The lowest BCUT2D eigenvalue weighted by molar-refractivity contribution is -0.121. The molecule has 0 bridgehead atoms. The van der Waals surface area contributed by atoms with Crippen molar-refractivity contribution in [1.82, 2.24) is 20.0 Å². The summed E-state index contributed by atoms with van der Waals surface area (Å²) in [4.78, 5) is 14.2. The van der Waals surface area contributed by atoms with Gasteiger partial charge in [0.25, 0.3) is 0 Å². The molecule has 1 saturated heterocycles. The molecule has 1 atom stereocenters. The molecule has 1 amide bonds. The van der Waals surface area contributed by atoms with E-state index >= 15 is 0 Å². The summed E-state index contributed by atoms with van der Waals surface area (Å²) in [6.07, 6.45) is 10.1. The van der Waals surface area contributed by atoms with Crippen LogP contribution in [-0.2, 0) is 11.3 Å². The molecular formula is C15H26N4O. The smallest absolute Gasteiger partial charge is 0.220 e. The van der Waals surface area contributed by atoms with Gasteiger partial charge < -0.3 is 10.2 Å². The number of aromatic nitrogens is 2. The van der Waals surface area contributed by atoms with E-state index in [1.54, 1.807) is 6.20 Å². The van der Waals surface area contributed by atoms with Gasteiger partial charge in [-0.2, -0.15) is 5.10 Å². The maximum atomic E-state index is 11.8. The zero-order valence-corrected chi connectivity index (χ0v) is 12.4. The molecule has 1 unspecified atom stereocenters. The molecule has 5 heteroatoms. The third-order valence-corrected chi connectivity index (χ3v) is 4.07. The highest BCUT2D eigenvalue weighted by Crippen LogP contribution is 2.18. The second-order valence-electron chi connectivity index (χ2n) is 5.64. The highest BCUT2D eigenvalue weighted by molar-refractivity contribution is 5.75. The average Bonchev–Trinajstić information content (AvgIpc) is 2.96. The fraction of sp³-hybridized carbons (Fsp3) is 0.733. The number of amides is 1. The number of carbonyl (C=O) groups excluding carboxylic acids is 1. The topological polar surface area (TPSA) is 50.2 Å². The molecule has 1 aliphatic heterocycles. The standard InChI is InChI=1S/C15H26N4O/c1-18-11-3-2-6-14(18)7-8-15(20)16-9-4-12-19-13-5-10-17-19/h5,10,13-14H,2-4,6-9,11-12H2,1H3,(H,16,20). The first-order chi connectivity index (χ1) is 9.75. The number of rotatable bonds is 7. The molecular weight excluding hydrogens is 252 g/mol. The lowest BCUT2D eigenvalue weighted by Gasteiger charge is -2.32. The van der Waals surface area contributed by atoms with Crippen molar-refractivity contribution in [1.29, 1.82) is 0 Å². The van der Waals surface area contributed by atoms with Gasteiger partial charge in [0, 0.05) is 37.9 Å². The number of hydrogen-bond donors (Lipinski definition) is 1. The fourth-order valence-corrected chi connectivity index (χ4v) is 2.80. The van der Waals surface area contributed by atoms with Gasteiger partial charge in [-0.05, 0) is 45.3 Å². The normalized spacial score (nSPS) is 19.9. The van der Waals surface area contributed by atoms with Crippen molar-refractivity contribution in [3.8, 4) is 0 Å². The van der Waals surface area contributed by atoms with Gasteiger partial charge in [0.1, 0.15) is 0 Å². The maximum absolute atomic E-state index is 11.8. The number of nitrogens with one attached hydrogen (secondary N) is 1. The largest absolute Gasteiger partial charge is 0.356 e. The first-order valence-electron chi connectivity index (χ1n) is 7.70. The molecule has 2 rings (SSSR count). The van der Waals surface area contributed by atoms with Crippen molar-refractivity contribution in [2.75, 3.05) is 20.1 Å². The molecule has 20 heavy (non-hydrogen) atoms. The quantitative estimate of drug-likeness (QED) is 0.772. The summed E-state index contributed by atoms with van der Waals surface area (Å²) in [7, 11) is 2.17. The van der Waals surface area contributed by atoms with Crippen LogP contribution in [0.1, 0.15) is 38.5 Å². The Kier molecular flexibility index (Phi) is 6.05. The number of aryl methyl sites for hydroxylation is 1. The van der Waals surface area contributed by atoms with Gasteiger partial charge in [-0.3, -0.25) is 9.48 Å². The van der Waals surface area contributed by atoms with Crippen molar-refractivity contribution in [3.05, 3.63) is 18.5 Å². The van der Waals surface area contributed by atoms with Crippen LogP contribution >= 0.6 is 0 Å². The zero-order valence-electron chi connectivity index (χ0n) is 12.4. The van der Waals surface area contributed by atoms with Gasteiger partial charge in [0.15, 0.2) is 0 Å². The number of carbonyl (C=O) groups is 1. The van der Waals surface area contributed by atoms with Crippen LogP contribution in [0, 0.1) is 0 Å². The summed E-state index contributed by atoms with van der Waals surface area (Å²) in [6, 6.07) is 2.51. The first-order valence-corrected chi connectivity index (χ1v) is 7.70. The highest BCUT2D eigenvalue weighted by atomic mass is 16.1. The Morgan fingerprint density at radius 3 is 3.10 bits per heavy atom. The molecule has 1 aliphatic rings. The molecule has 0 spiro atoms. The summed E-state index contributed by atoms with van der Waals surface area (Å²) < 4.78 is 1.89. The van der Waals surface area contributed by atoms with Crippen LogP contribution in [0.4, 0.5) is 0 Å². The Hall–Kier alpha value is -1.36. The zero-order chi connectivity index (χ0) is 14.2. The van der Waals surface area contributed by atoms with Crippen LogP contribution in [0.5, 0.6) is 0 Å². The van der Waals surface area contributed by atoms with Crippen LogP contribution in [0.3, 0.4) is 0 Å². The predicted octanol–water partition coefficient (Wildman–Crippen LogP) is 1.65. The lowest BCUT2D eigenvalue weighted by Crippen LogP contribution is -2.37. The van der Waals surface area contributed by atoms with E-state index in [9.17, 15) is 4.79 Å². The van der Waals surface area contributed by atoms with Gasteiger partial charge >= 0.3 is 0 Å². The van der Waals surface area contributed by atoms with Crippen molar-refractivity contribution < 1.29 is 4.79 Å². The summed E-state index contributed by atoms with van der Waals surface area (Å²) in [5, 5.41) is 7.14. The molecule has 2 heterocycles. The molecule has 1 fully saturated rings. The van der Waals surface area contributed by atoms with Crippen LogP contribution in [-0.4, -0.2) is 46.8 Å². The molecule has 0 saturated carbocycles. The molecule has 1 N–H and O–H groups in total. The van der Waals surface area contributed by atoms with E-state index in [2.05, 4.69) is 22.4 Å². The van der Waals surface area contributed by atoms with Crippen molar-refractivity contribution >= 4 is 5.91 Å². The number of nitrogens with zero attached hydrogens (tertiary/aromatic N) is 3. The molecule has 5 nitrogen and oxygen atoms in total. The Balaban J connectivity index is 1.53. The minimum atomic E-state index is 0.185. The molecule has 0 aliphatic carbocycles. The third-order valence-electron chi connectivity index (χ3n) is 4.07. The number of likely N-dealkylation sites (tertiary alicyclic amines) is 1. The van der Waals surface area contributed by atoms with Crippen LogP contribution in [0.2, 0.25) is 0 Å². The average molecular weight is 278 g/mol. The lowest BCUT2D eigenvalue weighted by atomic mass is 9.98. The molecule has 0 aromatic carbocycles. The van der Waals surface area contributed by atoms with E-state index in [0.29, 0.717) is 12.5 Å². The minimum Gasteiger partial charge on any atom is -0.356 e. The number of hydrogen-bond acceptors (Lipinski definition) is 3. The van der Waals surface area contributed by atoms with E-state index in [1.807, 2.05) is 16.9 Å². The van der Waals surface area contributed by atoms with E-state index < -0.39 is 0 Å². The third kappa shape index (κ3) is 4.96. The summed E-state index contributed by atoms with van der Waals surface area (Å²) in [6.45, 7) is 2.77. The second-order valence-corrected chi connectivity index (χ2v) is 5.64. The summed E-state index contributed by atoms with van der Waals surface area (Å²) in [5.41, 5.74) is 0. The van der Waals surface area contributed by atoms with Crippen LogP contribution in [0.15, 0.2) is 18.5 Å². The van der Waals surface area contributed by atoms with Crippen molar-refractivity contribution in [3.63, 3.8) is 0 Å². The summed E-state index contributed by atoms with van der Waals surface area (Å²) >= 11 is 0. The van der Waals surface area contributed by atoms with Gasteiger partial charge in [0.2, 0.25) is 5.91 Å². The Morgan fingerprint density at radius 2 is 2.35 bits per heavy atom. The predicted molar refractivity (Wildman–Crippen MR) is 79.4 cm³/mol. The molecule has 112 valence electrons. The second kappa shape index (κ2) is 8.04. The Labute approximate surface area is 121 Å². The Morgan fingerprint density at radius 1 is 1.45 bits per heavy atom. The highest BCUT2D eigenvalue weighted by Gasteiger charge is 2.19. The van der Waals surface area contributed by atoms with E-state index in [1.165, 1.54) is 25.8 Å². The fourth-order valence-electron chi connectivity index (χ4n) is 2.80. The Bertz CT molecular complexity index is 391. The van der Waals surface area contributed by atoms with Crippen LogP contribution in [0.25, 0.3) is 0 Å². The van der Waals surface area contributed by atoms with Gasteiger partial charge in [-0.1, -0.05) is 6.42 Å².